The molecule has 0 atom stereocenters. The maximum absolute atomic E-state index is 6.87. The number of hydrogen-bond donors (Lipinski definition) is 0. The third kappa shape index (κ3) is 6.87. The van der Waals surface area contributed by atoms with E-state index < -0.39 is 5.41 Å². The van der Waals surface area contributed by atoms with Gasteiger partial charge in [-0.15, -0.1) is 0 Å². The van der Waals surface area contributed by atoms with Crippen molar-refractivity contribution >= 4 is 49.7 Å². The Kier molecular flexibility index (Phi) is 10.0. The summed E-state index contributed by atoms with van der Waals surface area (Å²) in [6.07, 6.45) is 4.18. The molecule has 0 amide bonds. The second-order valence-electron chi connectivity index (χ2n) is 20.1. The van der Waals surface area contributed by atoms with Crippen molar-refractivity contribution in [3.8, 4) is 33.4 Å². The van der Waals surface area contributed by atoms with E-state index in [4.69, 9.17) is 4.42 Å². The van der Waals surface area contributed by atoms with Crippen molar-refractivity contribution < 1.29 is 4.42 Å². The van der Waals surface area contributed by atoms with Gasteiger partial charge >= 0.3 is 0 Å². The number of fused-ring (bicyclic) bond motifs is 6. The first kappa shape index (κ1) is 42.5. The number of furan rings is 1. The average Bonchev–Trinajstić information content (AvgIpc) is 3.96. The summed E-state index contributed by atoms with van der Waals surface area (Å²) in [4.78, 5) is 2.57. The number of benzene rings is 9. The van der Waals surface area contributed by atoms with Gasteiger partial charge in [-0.2, -0.15) is 0 Å². The molecule has 0 saturated carbocycles. The molecule has 1 heterocycles. The summed E-state index contributed by atoms with van der Waals surface area (Å²) in [5.74, 6) is 0. The van der Waals surface area contributed by atoms with Crippen LogP contribution in [0.15, 0.2) is 246 Å². The van der Waals surface area contributed by atoms with E-state index in [0.29, 0.717) is 0 Å². The molecule has 2 heteroatoms. The van der Waals surface area contributed by atoms with Crippen molar-refractivity contribution in [3.63, 3.8) is 0 Å². The average molecular weight is 910 g/mol. The van der Waals surface area contributed by atoms with Crippen LogP contribution in [-0.4, -0.2) is 0 Å². The molecular weight excluding hydrogens is 859 g/mol. The minimum atomic E-state index is -0.448. The normalized spacial score (nSPS) is 14.0. The molecule has 0 spiro atoms. The molecule has 0 radical (unpaired) electrons. The van der Waals surface area contributed by atoms with E-state index in [1.807, 2.05) is 12.1 Å². The standard InChI is InChI=1S/C69H51NO/c1-68(2,3)50-38-34-46(35-39-50)49-37-42-63(59(44-49)47-20-7-4-8-21-47)70(64-43-36-48-22-13-14-27-54(48)66(64)58-31-19-30-57-56-29-16-18-33-65(56)71-67(57)58)53-40-41-62-60(45-53)55-28-15-17-32-61(55)69(62,51-23-9-5-10-24-51)52-25-11-6-12-26-52/h4-18,20-30,32-39,42-45H,40-41H2,1-3H3. The lowest BCUT2D eigenvalue weighted by molar-refractivity contribution is 0.590. The molecule has 0 fully saturated rings. The minimum absolute atomic E-state index is 0.0578. The molecule has 0 N–H and O–H groups in total. The predicted octanol–water partition coefficient (Wildman–Crippen LogP) is 18.3. The Balaban J connectivity index is 1.11. The zero-order chi connectivity index (χ0) is 47.7. The van der Waals surface area contributed by atoms with E-state index in [1.165, 1.54) is 55.8 Å². The Bertz CT molecular complexity index is 3850. The van der Waals surface area contributed by atoms with Gasteiger partial charge in [-0.25, -0.2) is 0 Å². The van der Waals surface area contributed by atoms with Gasteiger partial charge in [0.25, 0.3) is 0 Å². The Morgan fingerprint density at radius 2 is 1.15 bits per heavy atom. The fourth-order valence-corrected chi connectivity index (χ4v) is 11.8. The van der Waals surface area contributed by atoms with Crippen LogP contribution in [0.1, 0.15) is 61.4 Å². The molecule has 0 bridgehead atoms. The maximum atomic E-state index is 6.87. The monoisotopic (exact) mass is 909 g/mol. The van der Waals surface area contributed by atoms with E-state index in [1.54, 1.807) is 0 Å². The quantitative estimate of drug-likeness (QED) is 0.151. The molecule has 0 aliphatic heterocycles. The van der Waals surface area contributed by atoms with E-state index in [0.717, 1.165) is 79.2 Å². The van der Waals surface area contributed by atoms with Gasteiger partial charge in [0.05, 0.1) is 22.4 Å². The van der Waals surface area contributed by atoms with Gasteiger partial charge in [-0.3, -0.25) is 0 Å². The van der Waals surface area contributed by atoms with Crippen LogP contribution < -0.4 is 4.90 Å². The molecule has 11 aromatic rings. The molecule has 338 valence electrons. The van der Waals surface area contributed by atoms with Crippen LogP contribution in [0.5, 0.6) is 0 Å². The smallest absolute Gasteiger partial charge is 0.152 e. The lowest BCUT2D eigenvalue weighted by Crippen LogP contribution is -2.31. The molecule has 1 aromatic heterocycles. The zero-order valence-corrected chi connectivity index (χ0v) is 40.2. The van der Waals surface area contributed by atoms with Crippen LogP contribution in [0.4, 0.5) is 11.4 Å². The molecule has 2 aliphatic carbocycles. The predicted molar refractivity (Wildman–Crippen MR) is 296 cm³/mol. The van der Waals surface area contributed by atoms with Gasteiger partial charge in [-0.1, -0.05) is 227 Å². The van der Waals surface area contributed by atoms with Crippen molar-refractivity contribution in [2.75, 3.05) is 4.90 Å². The van der Waals surface area contributed by atoms with Crippen LogP contribution in [-0.2, 0) is 10.8 Å². The van der Waals surface area contributed by atoms with E-state index >= 15 is 0 Å². The van der Waals surface area contributed by atoms with Crippen molar-refractivity contribution in [2.45, 2.75) is 44.4 Å². The largest absolute Gasteiger partial charge is 0.455 e. The summed E-state index contributed by atoms with van der Waals surface area (Å²) >= 11 is 0. The van der Waals surface area contributed by atoms with Gasteiger partial charge < -0.3 is 9.32 Å². The summed E-state index contributed by atoms with van der Waals surface area (Å²) in [5, 5.41) is 4.37. The number of allylic oxidation sites excluding steroid dienone is 4. The number of anilines is 2. The van der Waals surface area contributed by atoms with Crippen molar-refractivity contribution in [1.29, 1.82) is 0 Å². The molecule has 71 heavy (non-hydrogen) atoms. The highest BCUT2D eigenvalue weighted by molar-refractivity contribution is 6.15. The highest BCUT2D eigenvalue weighted by Gasteiger charge is 2.48. The summed E-state index contributed by atoms with van der Waals surface area (Å²) in [6.45, 7) is 6.82. The first-order valence-electron chi connectivity index (χ1n) is 24.9. The molecule has 0 unspecified atom stereocenters. The van der Waals surface area contributed by atoms with Crippen LogP contribution >= 0.6 is 0 Å². The fourth-order valence-electron chi connectivity index (χ4n) is 11.8. The van der Waals surface area contributed by atoms with Gasteiger partial charge in [0.2, 0.25) is 0 Å². The first-order chi connectivity index (χ1) is 34.9. The SMILES string of the molecule is CC(C)(C)c1ccc(-c2ccc(N(C3=CC4=C(CC3)C(c3ccccc3)(c3ccccc3)c3ccccc34)c3ccc4ccccc4c3-c3c#ccc4c3oc3ccccc34)c(-c3ccccc3)c2)cc1. The molecular formula is C69H51NO. The van der Waals surface area contributed by atoms with E-state index in [2.05, 4.69) is 256 Å². The van der Waals surface area contributed by atoms with Gasteiger partial charge in [0.15, 0.2) is 5.58 Å². The molecule has 2 aliphatic rings. The Hall–Kier alpha value is -8.64. The highest BCUT2D eigenvalue weighted by Crippen LogP contribution is 2.59. The first-order valence-corrected chi connectivity index (χ1v) is 24.9. The maximum Gasteiger partial charge on any atom is 0.152 e. The van der Waals surface area contributed by atoms with Crippen LogP contribution in [0.2, 0.25) is 0 Å². The summed E-state index contributed by atoms with van der Waals surface area (Å²) < 4.78 is 6.87. The number of nitrogens with zero attached hydrogens (tertiary/aromatic N) is 1. The number of hydrogen-bond acceptors (Lipinski definition) is 2. The zero-order valence-electron chi connectivity index (χ0n) is 40.2. The molecule has 0 saturated heterocycles. The summed E-state index contributed by atoms with van der Waals surface area (Å²) in [7, 11) is 0. The number of para-hydroxylation sites is 1. The fraction of sp³-hybridized carbons (Fsp3) is 0.101. The minimum Gasteiger partial charge on any atom is -0.455 e. The third-order valence-electron chi connectivity index (χ3n) is 15.1. The van der Waals surface area contributed by atoms with Crippen molar-refractivity contribution in [3.05, 3.63) is 282 Å². The van der Waals surface area contributed by atoms with Gasteiger partial charge in [-0.05, 0) is 115 Å². The van der Waals surface area contributed by atoms with Crippen LogP contribution in [0.25, 0.3) is 71.7 Å². The van der Waals surface area contributed by atoms with E-state index in [9.17, 15) is 0 Å². The lowest BCUT2D eigenvalue weighted by Gasteiger charge is -2.38. The highest BCUT2D eigenvalue weighted by atomic mass is 16.3. The van der Waals surface area contributed by atoms with Gasteiger partial charge in [0.1, 0.15) is 5.58 Å². The lowest BCUT2D eigenvalue weighted by atomic mass is 9.65. The van der Waals surface area contributed by atoms with Crippen LogP contribution in [0, 0.1) is 12.1 Å². The van der Waals surface area contributed by atoms with Crippen molar-refractivity contribution in [2.24, 2.45) is 0 Å². The second-order valence-corrected chi connectivity index (χ2v) is 20.1. The Labute approximate surface area is 416 Å². The third-order valence-corrected chi connectivity index (χ3v) is 15.1. The summed E-state index contributed by atoms with van der Waals surface area (Å²) in [5.41, 5.74) is 20.5. The molecule has 2 nitrogen and oxygen atoms in total. The topological polar surface area (TPSA) is 16.4 Å². The summed E-state index contributed by atoms with van der Waals surface area (Å²) in [6, 6.07) is 89.4. The van der Waals surface area contributed by atoms with Gasteiger partial charge in [0, 0.05) is 33.7 Å². The Morgan fingerprint density at radius 3 is 1.90 bits per heavy atom. The number of rotatable bonds is 8. The van der Waals surface area contributed by atoms with Crippen LogP contribution in [0.3, 0.4) is 0 Å². The molecule has 13 rings (SSSR count). The Morgan fingerprint density at radius 1 is 0.521 bits per heavy atom. The van der Waals surface area contributed by atoms with E-state index in [-0.39, 0.29) is 5.41 Å². The van der Waals surface area contributed by atoms with Crippen molar-refractivity contribution in [1.82, 2.24) is 0 Å². The molecule has 10 aromatic carbocycles. The second kappa shape index (κ2) is 16.8.